The number of hydrogen-bond donors (Lipinski definition) is 3. The molecule has 0 aliphatic rings. The molecule has 2 aromatic heterocycles. The van der Waals surface area contributed by atoms with Crippen LogP contribution in [0.5, 0.6) is 6.01 Å². The van der Waals surface area contributed by atoms with Crippen LogP contribution < -0.4 is 4.74 Å². The summed E-state index contributed by atoms with van der Waals surface area (Å²) in [5.41, 5.74) is 6.75. The number of carbonyl (C=O) groups is 1. The number of aromatic carboxylic acids is 1. The second-order valence-corrected chi connectivity index (χ2v) is 8.86. The first-order chi connectivity index (χ1) is 16.0. The summed E-state index contributed by atoms with van der Waals surface area (Å²) in [6.07, 6.45) is 0. The molecule has 9 heteroatoms. The van der Waals surface area contributed by atoms with E-state index in [4.69, 9.17) is 17.0 Å². The number of H-pyrrole nitrogens is 2. The Kier molecular flexibility index (Phi) is 5.27. The number of aromatic nitrogens is 4. The lowest BCUT2D eigenvalue weighted by Crippen LogP contribution is -2.00. The molecule has 33 heavy (non-hydrogen) atoms. The van der Waals surface area contributed by atoms with E-state index in [0.29, 0.717) is 15.0 Å². The van der Waals surface area contributed by atoms with E-state index in [2.05, 4.69) is 19.3 Å². The molecule has 164 valence electrons. The van der Waals surface area contributed by atoms with E-state index in [-0.39, 0.29) is 11.6 Å². The summed E-state index contributed by atoms with van der Waals surface area (Å²) in [7, 11) is 1.49. The topological polar surface area (TPSA) is 104 Å². The second kappa shape index (κ2) is 8.27. The van der Waals surface area contributed by atoms with E-state index in [0.717, 1.165) is 39.2 Å². The fourth-order valence-corrected chi connectivity index (χ4v) is 4.64. The highest BCUT2D eigenvalue weighted by molar-refractivity contribution is 7.73. The van der Waals surface area contributed by atoms with Crippen LogP contribution in [0.15, 0.2) is 54.6 Å². The van der Waals surface area contributed by atoms with Crippen LogP contribution in [-0.2, 0) is 0 Å². The Bertz CT molecular complexity index is 1570. The molecule has 2 heterocycles. The lowest BCUT2D eigenvalue weighted by molar-refractivity contribution is 0.0699. The van der Waals surface area contributed by atoms with Crippen molar-refractivity contribution in [1.29, 1.82) is 0 Å². The molecule has 0 amide bonds. The van der Waals surface area contributed by atoms with Crippen LogP contribution in [0, 0.1) is 10.9 Å². The molecule has 5 rings (SSSR count). The summed E-state index contributed by atoms with van der Waals surface area (Å²) in [6.45, 7) is 1.93. The number of benzene rings is 3. The van der Waals surface area contributed by atoms with Crippen LogP contribution in [0.3, 0.4) is 0 Å². The Balaban J connectivity index is 1.61. The van der Waals surface area contributed by atoms with Crippen molar-refractivity contribution in [3.8, 4) is 39.7 Å². The van der Waals surface area contributed by atoms with Crippen molar-refractivity contribution in [2.24, 2.45) is 0 Å². The molecule has 0 atom stereocenters. The van der Waals surface area contributed by atoms with Gasteiger partial charge >= 0.3 is 5.97 Å². The first-order valence-corrected chi connectivity index (χ1v) is 11.2. The van der Waals surface area contributed by atoms with E-state index in [1.54, 1.807) is 6.07 Å². The van der Waals surface area contributed by atoms with Crippen molar-refractivity contribution >= 4 is 40.8 Å². The number of methoxy groups -OCH3 is 1. The molecule has 7 nitrogen and oxygen atoms in total. The van der Waals surface area contributed by atoms with Gasteiger partial charge in [0.2, 0.25) is 0 Å². The van der Waals surface area contributed by atoms with Gasteiger partial charge in [0.1, 0.15) is 5.82 Å². The van der Waals surface area contributed by atoms with Gasteiger partial charge in [0, 0.05) is 5.56 Å². The van der Waals surface area contributed by atoms with Gasteiger partial charge in [-0.25, -0.2) is 9.78 Å². The highest BCUT2D eigenvalue weighted by Crippen LogP contribution is 2.35. The van der Waals surface area contributed by atoms with Crippen molar-refractivity contribution in [1.82, 2.24) is 19.3 Å². The predicted molar refractivity (Wildman–Crippen MR) is 132 cm³/mol. The molecular weight excluding hydrogens is 456 g/mol. The minimum Gasteiger partial charge on any atom is -0.478 e. The summed E-state index contributed by atoms with van der Waals surface area (Å²) in [4.78, 5) is 23.7. The van der Waals surface area contributed by atoms with Crippen molar-refractivity contribution in [2.45, 2.75) is 6.92 Å². The zero-order valence-electron chi connectivity index (χ0n) is 17.7. The number of hydrogen-bond acceptors (Lipinski definition) is 6. The summed E-state index contributed by atoms with van der Waals surface area (Å²) >= 11 is 6.49. The Hall–Kier alpha value is -3.82. The molecule has 0 bridgehead atoms. The van der Waals surface area contributed by atoms with E-state index < -0.39 is 5.97 Å². The molecule has 3 aromatic carbocycles. The maximum Gasteiger partial charge on any atom is 0.337 e. The van der Waals surface area contributed by atoms with Gasteiger partial charge in [-0.3, -0.25) is 4.37 Å². The average molecular weight is 475 g/mol. The van der Waals surface area contributed by atoms with Gasteiger partial charge in [-0.05, 0) is 64.6 Å². The third-order valence-electron chi connectivity index (χ3n) is 5.55. The maximum atomic E-state index is 11.9. The monoisotopic (exact) mass is 474 g/mol. The summed E-state index contributed by atoms with van der Waals surface area (Å²) in [5, 5.41) is 9.76. The highest BCUT2D eigenvalue weighted by Gasteiger charge is 2.19. The number of nitrogens with one attached hydrogen (secondary N) is 2. The largest absolute Gasteiger partial charge is 0.478 e. The second-order valence-electron chi connectivity index (χ2n) is 7.42. The molecule has 0 saturated heterocycles. The van der Waals surface area contributed by atoms with E-state index in [9.17, 15) is 9.90 Å². The summed E-state index contributed by atoms with van der Waals surface area (Å²) < 4.78 is 8.90. The number of ether oxygens (including phenoxy) is 1. The number of imidazole rings is 1. The van der Waals surface area contributed by atoms with Gasteiger partial charge in [0.15, 0.2) is 3.95 Å². The minimum atomic E-state index is -1.03. The molecule has 0 spiro atoms. The normalized spacial score (nSPS) is 11.1. The Morgan fingerprint density at radius 1 is 1.03 bits per heavy atom. The van der Waals surface area contributed by atoms with Gasteiger partial charge in [-0.2, -0.15) is 4.98 Å². The fraction of sp³-hybridized carbons (Fsp3) is 0.0833. The lowest BCUT2D eigenvalue weighted by Gasteiger charge is -2.11. The average Bonchev–Trinajstić information content (AvgIpc) is 3.46. The SMILES string of the molecule is COc1nc2c(C)c(-c3ccc(-c4ccccc4-c4nc(=S)s[nH]4)cc3)cc(C(=O)O)c2[nH]1. The Morgan fingerprint density at radius 2 is 1.70 bits per heavy atom. The maximum absolute atomic E-state index is 11.9. The van der Waals surface area contributed by atoms with Gasteiger partial charge in [-0.1, -0.05) is 48.5 Å². The van der Waals surface area contributed by atoms with Gasteiger partial charge in [-0.15, -0.1) is 0 Å². The van der Waals surface area contributed by atoms with Gasteiger partial charge < -0.3 is 14.8 Å². The summed E-state index contributed by atoms with van der Waals surface area (Å²) in [5.74, 6) is -0.289. The number of aryl methyl sites for hydroxylation is 1. The molecule has 5 aromatic rings. The zero-order valence-corrected chi connectivity index (χ0v) is 19.3. The van der Waals surface area contributed by atoms with Crippen molar-refractivity contribution < 1.29 is 14.6 Å². The molecule has 0 saturated carbocycles. The van der Waals surface area contributed by atoms with E-state index in [1.807, 2.05) is 55.5 Å². The molecule has 0 aliphatic heterocycles. The smallest absolute Gasteiger partial charge is 0.337 e. The highest BCUT2D eigenvalue weighted by atomic mass is 32.2. The third-order valence-corrected chi connectivity index (χ3v) is 6.45. The molecule has 0 unspecified atom stereocenters. The van der Waals surface area contributed by atoms with Crippen molar-refractivity contribution in [2.75, 3.05) is 7.11 Å². The molecule has 0 aliphatic carbocycles. The quantitative estimate of drug-likeness (QED) is 0.266. The first-order valence-electron chi connectivity index (χ1n) is 10.0. The number of aromatic amines is 2. The number of rotatable bonds is 5. The molecule has 0 fully saturated rings. The van der Waals surface area contributed by atoms with Crippen LogP contribution in [0.2, 0.25) is 0 Å². The van der Waals surface area contributed by atoms with Crippen molar-refractivity contribution in [3.05, 3.63) is 69.7 Å². The number of carboxylic acids is 1. The van der Waals surface area contributed by atoms with Crippen LogP contribution >= 0.6 is 23.8 Å². The number of nitrogens with zero attached hydrogens (tertiary/aromatic N) is 2. The van der Waals surface area contributed by atoms with Crippen LogP contribution in [-0.4, -0.2) is 37.5 Å². The minimum absolute atomic E-state index is 0.148. The standard InChI is InChI=1S/C24H18N4O3S2/c1-12-17(11-18(22(29)30)20-19(12)25-23(26-20)31-2)14-9-7-13(8-10-14)15-5-3-4-6-16(15)21-27-24(32)33-28-21/h3-11H,1-2H3,(H,25,26)(H,29,30)(H,27,28,32). The van der Waals surface area contributed by atoms with Crippen molar-refractivity contribution in [3.63, 3.8) is 0 Å². The molecule has 3 N–H and O–H groups in total. The number of fused-ring (bicyclic) bond motifs is 1. The Morgan fingerprint density at radius 3 is 2.30 bits per heavy atom. The predicted octanol–water partition coefficient (Wildman–Crippen LogP) is 6.09. The molecule has 0 radical (unpaired) electrons. The van der Waals surface area contributed by atoms with E-state index >= 15 is 0 Å². The van der Waals surface area contributed by atoms with E-state index in [1.165, 1.54) is 18.6 Å². The fourth-order valence-electron chi connectivity index (χ4n) is 3.95. The summed E-state index contributed by atoms with van der Waals surface area (Å²) in [6, 6.07) is 18.0. The van der Waals surface area contributed by atoms with Crippen LogP contribution in [0.1, 0.15) is 15.9 Å². The third kappa shape index (κ3) is 3.71. The number of carboxylic acid groups (broad SMARTS) is 1. The van der Waals surface area contributed by atoms with Crippen LogP contribution in [0.25, 0.3) is 44.7 Å². The molecular formula is C24H18N4O3S2. The first kappa shape index (κ1) is 21.0. The Labute approximate surface area is 197 Å². The zero-order chi connectivity index (χ0) is 23.1. The van der Waals surface area contributed by atoms with Crippen LogP contribution in [0.4, 0.5) is 0 Å². The lowest BCUT2D eigenvalue weighted by atomic mass is 9.93. The van der Waals surface area contributed by atoms with Gasteiger partial charge in [0.25, 0.3) is 6.01 Å². The van der Waals surface area contributed by atoms with Gasteiger partial charge in [0.05, 0.1) is 23.7 Å².